The molecule has 100 valence electrons. The molecule has 0 aromatic carbocycles. The molecular weight excluding hydrogens is 232 g/mol. The van der Waals surface area contributed by atoms with Crippen LogP contribution in [-0.4, -0.2) is 61.0 Å². The van der Waals surface area contributed by atoms with Gasteiger partial charge in [0.05, 0.1) is 12.5 Å². The van der Waals surface area contributed by atoms with Crippen LogP contribution in [0.1, 0.15) is 19.8 Å². The summed E-state index contributed by atoms with van der Waals surface area (Å²) in [6, 6.07) is 0. The van der Waals surface area contributed by atoms with Crippen molar-refractivity contribution in [1.82, 2.24) is 9.80 Å². The molecule has 0 N–H and O–H groups in total. The number of likely N-dealkylation sites (tertiary alicyclic amines) is 2. The smallest absolute Gasteiger partial charge is 0.228 e. The van der Waals surface area contributed by atoms with E-state index >= 15 is 0 Å². The van der Waals surface area contributed by atoms with E-state index in [2.05, 4.69) is 0 Å². The van der Waals surface area contributed by atoms with Gasteiger partial charge < -0.3 is 14.5 Å². The third-order valence-corrected chi connectivity index (χ3v) is 4.53. The largest absolute Gasteiger partial charge is 0.381 e. The first kappa shape index (κ1) is 12.0. The van der Waals surface area contributed by atoms with Gasteiger partial charge >= 0.3 is 0 Å². The number of ether oxygens (including phenoxy) is 1. The fraction of sp³-hybridized carbons (Fsp3) is 0.846. The maximum absolute atomic E-state index is 12.1. The lowest BCUT2D eigenvalue weighted by molar-refractivity contribution is -0.147. The molecule has 3 fully saturated rings. The topological polar surface area (TPSA) is 49.9 Å². The summed E-state index contributed by atoms with van der Waals surface area (Å²) in [5.74, 6) is 0.480. The summed E-state index contributed by atoms with van der Waals surface area (Å²) in [6.07, 6.45) is 1.90. The Hall–Kier alpha value is -1.10. The zero-order valence-corrected chi connectivity index (χ0v) is 10.9. The van der Waals surface area contributed by atoms with Crippen molar-refractivity contribution in [2.75, 3.05) is 39.4 Å². The first-order valence-electron chi connectivity index (χ1n) is 6.72. The van der Waals surface area contributed by atoms with E-state index < -0.39 is 0 Å². The highest BCUT2D eigenvalue weighted by Gasteiger charge is 2.50. The SMILES string of the molecule is CC(=O)N1CCC2(C1)CN(C(=O)[C@@H]1CCOC1)C2. The molecule has 3 aliphatic rings. The van der Waals surface area contributed by atoms with E-state index in [0.717, 1.165) is 39.0 Å². The number of amides is 2. The summed E-state index contributed by atoms with van der Waals surface area (Å²) in [5, 5.41) is 0. The Morgan fingerprint density at radius 2 is 1.94 bits per heavy atom. The Morgan fingerprint density at radius 3 is 2.50 bits per heavy atom. The zero-order chi connectivity index (χ0) is 12.8. The van der Waals surface area contributed by atoms with Crippen molar-refractivity contribution in [3.05, 3.63) is 0 Å². The van der Waals surface area contributed by atoms with Crippen molar-refractivity contribution in [2.24, 2.45) is 11.3 Å². The van der Waals surface area contributed by atoms with Gasteiger partial charge in [-0.2, -0.15) is 0 Å². The molecule has 1 atom stereocenters. The number of hydrogen-bond acceptors (Lipinski definition) is 3. The molecule has 2 amide bonds. The highest BCUT2D eigenvalue weighted by Crippen LogP contribution is 2.40. The van der Waals surface area contributed by atoms with Crippen molar-refractivity contribution in [3.63, 3.8) is 0 Å². The number of hydrogen-bond donors (Lipinski definition) is 0. The predicted octanol–water partition coefficient (Wildman–Crippen LogP) is 0.104. The number of nitrogens with zero attached hydrogens (tertiary/aromatic N) is 2. The molecule has 3 aliphatic heterocycles. The van der Waals surface area contributed by atoms with Crippen molar-refractivity contribution in [1.29, 1.82) is 0 Å². The molecule has 0 bridgehead atoms. The van der Waals surface area contributed by atoms with Crippen LogP contribution in [0.4, 0.5) is 0 Å². The zero-order valence-electron chi connectivity index (χ0n) is 10.9. The van der Waals surface area contributed by atoms with Crippen LogP contribution in [0.2, 0.25) is 0 Å². The Morgan fingerprint density at radius 1 is 1.22 bits per heavy atom. The normalized spacial score (nSPS) is 29.7. The van der Waals surface area contributed by atoms with Crippen LogP contribution in [0.25, 0.3) is 0 Å². The van der Waals surface area contributed by atoms with Gasteiger partial charge in [-0.3, -0.25) is 9.59 Å². The molecular formula is C13H20N2O3. The summed E-state index contributed by atoms with van der Waals surface area (Å²) in [5.41, 5.74) is 0.195. The fourth-order valence-electron chi connectivity index (χ4n) is 3.37. The van der Waals surface area contributed by atoms with Crippen molar-refractivity contribution >= 4 is 11.8 Å². The van der Waals surface area contributed by atoms with Crippen LogP contribution in [0, 0.1) is 11.3 Å². The first-order chi connectivity index (χ1) is 8.60. The molecule has 3 heterocycles. The highest BCUT2D eigenvalue weighted by molar-refractivity contribution is 5.80. The molecule has 5 nitrogen and oxygen atoms in total. The first-order valence-corrected chi connectivity index (χ1v) is 6.72. The minimum absolute atomic E-state index is 0.0765. The Labute approximate surface area is 107 Å². The molecule has 0 aromatic rings. The third kappa shape index (κ3) is 1.90. The number of carbonyl (C=O) groups is 2. The molecule has 3 rings (SSSR count). The van der Waals surface area contributed by atoms with E-state index in [1.807, 2.05) is 9.80 Å². The van der Waals surface area contributed by atoms with Gasteiger partial charge in [-0.25, -0.2) is 0 Å². The van der Waals surface area contributed by atoms with Crippen molar-refractivity contribution in [3.8, 4) is 0 Å². The Bertz CT molecular complexity index is 370. The molecule has 0 aromatic heterocycles. The highest BCUT2D eigenvalue weighted by atomic mass is 16.5. The standard InChI is InChI=1S/C13H20N2O3/c1-10(16)14-4-3-13(7-14)8-15(9-13)12(17)11-2-5-18-6-11/h11H,2-9H2,1H3/t11-/m1/s1. The number of rotatable bonds is 1. The van der Waals surface area contributed by atoms with Crippen molar-refractivity contribution < 1.29 is 14.3 Å². The maximum Gasteiger partial charge on any atom is 0.228 e. The minimum Gasteiger partial charge on any atom is -0.381 e. The lowest BCUT2D eigenvalue weighted by Crippen LogP contribution is -2.60. The molecule has 5 heteroatoms. The van der Waals surface area contributed by atoms with E-state index in [4.69, 9.17) is 4.74 Å². The van der Waals surface area contributed by atoms with Crippen LogP contribution >= 0.6 is 0 Å². The molecule has 0 saturated carbocycles. The van der Waals surface area contributed by atoms with E-state index in [1.165, 1.54) is 0 Å². The second-order valence-electron chi connectivity index (χ2n) is 5.95. The lowest BCUT2D eigenvalue weighted by atomic mass is 9.78. The predicted molar refractivity (Wildman–Crippen MR) is 64.8 cm³/mol. The van der Waals surface area contributed by atoms with E-state index in [1.54, 1.807) is 6.92 Å². The van der Waals surface area contributed by atoms with E-state index in [0.29, 0.717) is 13.2 Å². The molecule has 18 heavy (non-hydrogen) atoms. The van der Waals surface area contributed by atoms with Gasteiger partial charge in [0.2, 0.25) is 11.8 Å². The van der Waals surface area contributed by atoms with Crippen LogP contribution in [0.15, 0.2) is 0 Å². The summed E-state index contributed by atoms with van der Waals surface area (Å²) in [7, 11) is 0. The van der Waals surface area contributed by atoms with Crippen LogP contribution in [-0.2, 0) is 14.3 Å². The maximum atomic E-state index is 12.1. The summed E-state index contributed by atoms with van der Waals surface area (Å²) < 4.78 is 5.26. The third-order valence-electron chi connectivity index (χ3n) is 4.53. The molecule has 0 radical (unpaired) electrons. The van der Waals surface area contributed by atoms with Gasteiger partial charge in [0.1, 0.15) is 0 Å². The average molecular weight is 252 g/mol. The summed E-state index contributed by atoms with van der Waals surface area (Å²) in [4.78, 5) is 27.3. The van der Waals surface area contributed by atoms with Crippen LogP contribution in [0.3, 0.4) is 0 Å². The van der Waals surface area contributed by atoms with Gasteiger partial charge in [-0.05, 0) is 12.8 Å². The Balaban J connectivity index is 1.54. The second kappa shape index (κ2) is 4.23. The molecule has 0 aliphatic carbocycles. The molecule has 0 unspecified atom stereocenters. The lowest BCUT2D eigenvalue weighted by Gasteiger charge is -2.48. The average Bonchev–Trinajstić information content (AvgIpc) is 2.95. The fourth-order valence-corrected chi connectivity index (χ4v) is 3.37. The molecule has 1 spiro atoms. The van der Waals surface area contributed by atoms with Gasteiger partial charge in [-0.1, -0.05) is 0 Å². The summed E-state index contributed by atoms with van der Waals surface area (Å²) >= 11 is 0. The monoisotopic (exact) mass is 252 g/mol. The quantitative estimate of drug-likeness (QED) is 0.665. The Kier molecular flexibility index (Phi) is 2.81. The second-order valence-corrected chi connectivity index (χ2v) is 5.95. The minimum atomic E-state index is 0.0765. The van der Waals surface area contributed by atoms with Gasteiger partial charge in [0.25, 0.3) is 0 Å². The van der Waals surface area contributed by atoms with Gasteiger partial charge in [-0.15, -0.1) is 0 Å². The van der Waals surface area contributed by atoms with Gasteiger partial charge in [0.15, 0.2) is 0 Å². The summed E-state index contributed by atoms with van der Waals surface area (Å²) in [6.45, 7) is 6.25. The molecule has 3 saturated heterocycles. The number of carbonyl (C=O) groups excluding carboxylic acids is 2. The van der Waals surface area contributed by atoms with Crippen molar-refractivity contribution in [2.45, 2.75) is 19.8 Å². The van der Waals surface area contributed by atoms with Crippen LogP contribution < -0.4 is 0 Å². The van der Waals surface area contributed by atoms with E-state index in [-0.39, 0.29) is 23.1 Å². The van der Waals surface area contributed by atoms with E-state index in [9.17, 15) is 9.59 Å². The van der Waals surface area contributed by atoms with Gasteiger partial charge in [0, 0.05) is 45.1 Å². The van der Waals surface area contributed by atoms with Crippen LogP contribution in [0.5, 0.6) is 0 Å².